The largest absolute Gasteiger partial charge is 0.375 e. The molecule has 0 bridgehead atoms. The Hall–Kier alpha value is -1.18. The van der Waals surface area contributed by atoms with Gasteiger partial charge in [-0.2, -0.15) is 0 Å². The second kappa shape index (κ2) is 5.55. The molecule has 0 radical (unpaired) electrons. The normalized spacial score (nSPS) is 13.2. The van der Waals surface area contributed by atoms with Crippen LogP contribution in [0.4, 0.5) is 5.13 Å². The SMILES string of the molecule is CC(C)NCC(C)(C)S(=O)(=O)c1ccc2nc(N)sc2c1. The summed E-state index contributed by atoms with van der Waals surface area (Å²) in [5, 5.41) is 3.64. The number of nitrogen functional groups attached to an aromatic ring is 1. The third-order valence-electron chi connectivity index (χ3n) is 3.35. The maximum Gasteiger partial charge on any atom is 0.184 e. The number of nitrogens with two attached hydrogens (primary N) is 1. The molecule has 0 saturated carbocycles. The molecule has 3 N–H and O–H groups in total. The van der Waals surface area contributed by atoms with E-state index in [1.54, 1.807) is 32.0 Å². The Labute approximate surface area is 129 Å². The Balaban J connectivity index is 2.40. The number of benzene rings is 1. The molecule has 5 nitrogen and oxygen atoms in total. The first-order valence-corrected chi connectivity index (χ1v) is 9.07. The van der Waals surface area contributed by atoms with E-state index < -0.39 is 14.6 Å². The summed E-state index contributed by atoms with van der Waals surface area (Å²) in [5.74, 6) is 0. The standard InChI is InChI=1S/C14H21N3O2S2/c1-9(2)16-8-14(3,4)21(18,19)10-5-6-11-12(7-10)20-13(15)17-11/h5-7,9,16H,8H2,1-4H3,(H2,15,17). The molecular formula is C14H21N3O2S2. The van der Waals surface area contributed by atoms with Crippen molar-refractivity contribution in [3.05, 3.63) is 18.2 Å². The molecule has 2 aromatic rings. The van der Waals surface area contributed by atoms with E-state index in [0.29, 0.717) is 16.6 Å². The summed E-state index contributed by atoms with van der Waals surface area (Å²) in [5.41, 5.74) is 6.40. The van der Waals surface area contributed by atoms with Gasteiger partial charge in [-0.3, -0.25) is 0 Å². The lowest BCUT2D eigenvalue weighted by Gasteiger charge is -2.26. The van der Waals surface area contributed by atoms with E-state index in [0.717, 1.165) is 10.2 Å². The van der Waals surface area contributed by atoms with Crippen molar-refractivity contribution in [1.29, 1.82) is 0 Å². The molecule has 0 aliphatic carbocycles. The molecule has 0 aliphatic rings. The number of anilines is 1. The highest BCUT2D eigenvalue weighted by Gasteiger charge is 2.35. The fourth-order valence-electron chi connectivity index (χ4n) is 1.95. The molecule has 0 spiro atoms. The highest BCUT2D eigenvalue weighted by molar-refractivity contribution is 7.92. The summed E-state index contributed by atoms with van der Waals surface area (Å²) in [6.45, 7) is 7.87. The monoisotopic (exact) mass is 327 g/mol. The first-order chi connectivity index (χ1) is 9.63. The lowest BCUT2D eigenvalue weighted by Crippen LogP contribution is -2.44. The van der Waals surface area contributed by atoms with Crippen LogP contribution >= 0.6 is 11.3 Å². The summed E-state index contributed by atoms with van der Waals surface area (Å²) >= 11 is 1.30. The molecule has 0 unspecified atom stereocenters. The Kier molecular flexibility index (Phi) is 4.28. The van der Waals surface area contributed by atoms with Gasteiger partial charge in [0.25, 0.3) is 0 Å². The van der Waals surface area contributed by atoms with Crippen molar-refractivity contribution in [2.75, 3.05) is 12.3 Å². The van der Waals surface area contributed by atoms with Gasteiger partial charge in [-0.1, -0.05) is 25.2 Å². The maximum absolute atomic E-state index is 12.8. The second-order valence-corrected chi connectivity index (χ2v) is 9.63. The molecule has 0 saturated heterocycles. The van der Waals surface area contributed by atoms with Crippen molar-refractivity contribution in [3.63, 3.8) is 0 Å². The van der Waals surface area contributed by atoms with Gasteiger partial charge in [0.1, 0.15) is 0 Å². The summed E-state index contributed by atoms with van der Waals surface area (Å²) in [6.07, 6.45) is 0. The molecule has 0 fully saturated rings. The van der Waals surface area contributed by atoms with Crippen molar-refractivity contribution in [1.82, 2.24) is 10.3 Å². The van der Waals surface area contributed by atoms with Crippen molar-refractivity contribution >= 4 is 36.5 Å². The van der Waals surface area contributed by atoms with Crippen LogP contribution < -0.4 is 11.1 Å². The Morgan fingerprint density at radius 1 is 1.38 bits per heavy atom. The summed E-state index contributed by atoms with van der Waals surface area (Å²) in [4.78, 5) is 4.46. The molecule has 7 heteroatoms. The quantitative estimate of drug-likeness (QED) is 0.881. The molecule has 0 aliphatic heterocycles. The molecule has 21 heavy (non-hydrogen) atoms. The lowest BCUT2D eigenvalue weighted by molar-refractivity contribution is 0.492. The molecule has 1 aromatic carbocycles. The lowest BCUT2D eigenvalue weighted by atomic mass is 10.2. The number of thiazole rings is 1. The van der Waals surface area contributed by atoms with E-state index in [2.05, 4.69) is 10.3 Å². The fraction of sp³-hybridized carbons (Fsp3) is 0.500. The smallest absolute Gasteiger partial charge is 0.184 e. The fourth-order valence-corrected chi connectivity index (χ4v) is 4.23. The van der Waals surface area contributed by atoms with Gasteiger partial charge in [0.2, 0.25) is 0 Å². The minimum absolute atomic E-state index is 0.239. The molecule has 0 amide bonds. The van der Waals surface area contributed by atoms with E-state index in [9.17, 15) is 8.42 Å². The second-order valence-electron chi connectivity index (χ2n) is 5.98. The van der Waals surface area contributed by atoms with Crippen molar-refractivity contribution in [2.45, 2.75) is 43.4 Å². The minimum atomic E-state index is -3.44. The van der Waals surface area contributed by atoms with E-state index >= 15 is 0 Å². The van der Waals surface area contributed by atoms with Crippen LogP contribution in [0.2, 0.25) is 0 Å². The van der Waals surface area contributed by atoms with Crippen LogP contribution in [0, 0.1) is 0 Å². The third kappa shape index (κ3) is 3.20. The number of hydrogen-bond donors (Lipinski definition) is 2. The minimum Gasteiger partial charge on any atom is -0.375 e. The number of hydrogen-bond acceptors (Lipinski definition) is 6. The Morgan fingerprint density at radius 3 is 2.67 bits per heavy atom. The van der Waals surface area contributed by atoms with E-state index in [1.165, 1.54) is 11.3 Å². The molecule has 0 atom stereocenters. The van der Waals surface area contributed by atoms with Crippen LogP contribution in [0.1, 0.15) is 27.7 Å². The number of rotatable bonds is 5. The molecule has 1 heterocycles. The summed E-state index contributed by atoms with van der Waals surface area (Å²) < 4.78 is 25.6. The van der Waals surface area contributed by atoms with E-state index in [1.807, 2.05) is 13.8 Å². The van der Waals surface area contributed by atoms with Crippen LogP contribution in [0.5, 0.6) is 0 Å². The topological polar surface area (TPSA) is 85.1 Å². The van der Waals surface area contributed by atoms with Crippen LogP contribution in [0.15, 0.2) is 23.1 Å². The van der Waals surface area contributed by atoms with Crippen molar-refractivity contribution in [3.8, 4) is 0 Å². The van der Waals surface area contributed by atoms with Crippen LogP contribution in [0.3, 0.4) is 0 Å². The molecule has 2 rings (SSSR count). The third-order valence-corrected chi connectivity index (χ3v) is 6.67. The van der Waals surface area contributed by atoms with Gasteiger partial charge in [0.05, 0.1) is 19.9 Å². The van der Waals surface area contributed by atoms with Crippen molar-refractivity contribution < 1.29 is 8.42 Å². The molecule has 1 aromatic heterocycles. The van der Waals surface area contributed by atoms with Gasteiger partial charge in [-0.05, 0) is 32.0 Å². The van der Waals surface area contributed by atoms with Gasteiger partial charge < -0.3 is 11.1 Å². The first-order valence-electron chi connectivity index (χ1n) is 6.77. The maximum atomic E-state index is 12.8. The summed E-state index contributed by atoms with van der Waals surface area (Å²) in [6, 6.07) is 5.22. The van der Waals surface area contributed by atoms with Gasteiger partial charge in [-0.25, -0.2) is 13.4 Å². The molecular weight excluding hydrogens is 306 g/mol. The highest BCUT2D eigenvalue weighted by Crippen LogP contribution is 2.30. The van der Waals surface area contributed by atoms with Gasteiger partial charge in [0, 0.05) is 12.6 Å². The summed E-state index contributed by atoms with van der Waals surface area (Å²) in [7, 11) is -3.44. The van der Waals surface area contributed by atoms with Crippen LogP contribution in [-0.4, -0.2) is 30.7 Å². The van der Waals surface area contributed by atoms with Gasteiger partial charge in [-0.15, -0.1) is 0 Å². The van der Waals surface area contributed by atoms with E-state index in [4.69, 9.17) is 5.73 Å². The average Bonchev–Trinajstić information content (AvgIpc) is 2.75. The average molecular weight is 327 g/mol. The molecule has 116 valence electrons. The Morgan fingerprint density at radius 2 is 2.05 bits per heavy atom. The number of nitrogens with zero attached hydrogens (tertiary/aromatic N) is 1. The van der Waals surface area contributed by atoms with Crippen LogP contribution in [0.25, 0.3) is 10.2 Å². The predicted octanol–water partition coefficient (Wildman–Crippen LogP) is 2.43. The van der Waals surface area contributed by atoms with Crippen molar-refractivity contribution in [2.24, 2.45) is 0 Å². The zero-order valence-electron chi connectivity index (χ0n) is 12.7. The number of aromatic nitrogens is 1. The van der Waals surface area contributed by atoms with E-state index in [-0.39, 0.29) is 6.04 Å². The van der Waals surface area contributed by atoms with Gasteiger partial charge >= 0.3 is 0 Å². The van der Waals surface area contributed by atoms with Gasteiger partial charge in [0.15, 0.2) is 15.0 Å². The highest BCUT2D eigenvalue weighted by atomic mass is 32.2. The number of fused-ring (bicyclic) bond motifs is 1. The zero-order chi connectivity index (χ0) is 15.8. The Bertz CT molecular complexity index is 749. The number of sulfone groups is 1. The first kappa shape index (κ1) is 16.2. The predicted molar refractivity (Wildman–Crippen MR) is 88.4 cm³/mol. The zero-order valence-corrected chi connectivity index (χ0v) is 14.3. The number of nitrogens with one attached hydrogen (secondary N) is 1. The van der Waals surface area contributed by atoms with Crippen LogP contribution in [-0.2, 0) is 9.84 Å².